The highest BCUT2D eigenvalue weighted by Crippen LogP contribution is 2.19. The molecule has 0 amide bonds. The van der Waals surface area contributed by atoms with E-state index >= 15 is 0 Å². The first-order chi connectivity index (χ1) is 9.84. The van der Waals surface area contributed by atoms with Gasteiger partial charge in [0, 0.05) is 18.8 Å². The minimum Gasteiger partial charge on any atom is -0.375 e. The van der Waals surface area contributed by atoms with Gasteiger partial charge >= 0.3 is 0 Å². The fourth-order valence-corrected chi connectivity index (χ4v) is 3.18. The van der Waals surface area contributed by atoms with Gasteiger partial charge in [0.25, 0.3) is 0 Å². The molecule has 0 radical (unpaired) electrons. The first-order valence-electron chi connectivity index (χ1n) is 9.27. The van der Waals surface area contributed by atoms with E-state index in [2.05, 4.69) is 18.4 Å². The van der Waals surface area contributed by atoms with Crippen LogP contribution in [0.3, 0.4) is 0 Å². The van der Waals surface area contributed by atoms with Crippen LogP contribution in [0, 0.1) is 0 Å². The van der Waals surface area contributed by atoms with Crippen molar-refractivity contribution in [3.8, 4) is 0 Å². The molecular formula is C19H37N. The van der Waals surface area contributed by atoms with E-state index < -0.39 is 0 Å². The molecule has 0 unspecified atom stereocenters. The van der Waals surface area contributed by atoms with Crippen molar-refractivity contribution in [3.63, 3.8) is 0 Å². The fourth-order valence-electron chi connectivity index (χ4n) is 3.18. The van der Waals surface area contributed by atoms with E-state index in [0.29, 0.717) is 0 Å². The summed E-state index contributed by atoms with van der Waals surface area (Å²) in [5, 5.41) is 0. The second kappa shape index (κ2) is 12.3. The summed E-state index contributed by atoms with van der Waals surface area (Å²) in [4.78, 5) is 2.55. The SMILES string of the molecule is C=C1CCCCCN1CCCCCCCCCCCC. The molecule has 20 heavy (non-hydrogen) atoms. The number of hydrogen-bond donors (Lipinski definition) is 0. The van der Waals surface area contributed by atoms with Gasteiger partial charge in [-0.15, -0.1) is 0 Å². The molecule has 1 nitrogen and oxygen atoms in total. The van der Waals surface area contributed by atoms with Crippen molar-refractivity contribution < 1.29 is 0 Å². The lowest BCUT2D eigenvalue weighted by Crippen LogP contribution is -2.23. The predicted octanol–water partition coefficient (Wildman–Crippen LogP) is 6.30. The third-order valence-corrected chi connectivity index (χ3v) is 4.62. The van der Waals surface area contributed by atoms with Gasteiger partial charge in [0.1, 0.15) is 0 Å². The van der Waals surface area contributed by atoms with Crippen LogP contribution < -0.4 is 0 Å². The highest BCUT2D eigenvalue weighted by molar-refractivity contribution is 4.95. The molecule has 1 rings (SSSR count). The summed E-state index contributed by atoms with van der Waals surface area (Å²) in [7, 11) is 0. The summed E-state index contributed by atoms with van der Waals surface area (Å²) < 4.78 is 0. The van der Waals surface area contributed by atoms with Crippen molar-refractivity contribution >= 4 is 0 Å². The molecule has 0 aromatic rings. The smallest absolute Gasteiger partial charge is 0.0174 e. The second-order valence-electron chi connectivity index (χ2n) is 6.55. The molecule has 118 valence electrons. The zero-order valence-electron chi connectivity index (χ0n) is 14.0. The Labute approximate surface area is 127 Å². The highest BCUT2D eigenvalue weighted by Gasteiger charge is 2.10. The molecular weight excluding hydrogens is 242 g/mol. The molecule has 1 heteroatoms. The standard InChI is InChI=1S/C19H37N/c1-3-4-5-6-7-8-9-10-11-14-17-20-18-15-12-13-16-19(20)2/h2-18H2,1H3. The molecule has 1 aliphatic heterocycles. The summed E-state index contributed by atoms with van der Waals surface area (Å²) in [5.41, 5.74) is 1.40. The van der Waals surface area contributed by atoms with Crippen molar-refractivity contribution in [1.82, 2.24) is 4.90 Å². The van der Waals surface area contributed by atoms with Crippen molar-refractivity contribution in [1.29, 1.82) is 0 Å². The quantitative estimate of drug-likeness (QED) is 0.401. The van der Waals surface area contributed by atoms with E-state index in [1.165, 1.54) is 109 Å². The minimum absolute atomic E-state index is 1.23. The van der Waals surface area contributed by atoms with Crippen LogP contribution in [-0.4, -0.2) is 18.0 Å². The number of nitrogens with zero attached hydrogens (tertiary/aromatic N) is 1. The molecule has 0 atom stereocenters. The lowest BCUT2D eigenvalue weighted by Gasteiger charge is -2.24. The van der Waals surface area contributed by atoms with Crippen LogP contribution in [0.2, 0.25) is 0 Å². The molecule has 1 heterocycles. The van der Waals surface area contributed by atoms with Gasteiger partial charge in [0.2, 0.25) is 0 Å². The van der Waals surface area contributed by atoms with Gasteiger partial charge in [0.15, 0.2) is 0 Å². The maximum Gasteiger partial charge on any atom is 0.0174 e. The fraction of sp³-hybridized carbons (Fsp3) is 0.895. The minimum atomic E-state index is 1.23. The second-order valence-corrected chi connectivity index (χ2v) is 6.55. The van der Waals surface area contributed by atoms with Gasteiger partial charge in [-0.2, -0.15) is 0 Å². The first-order valence-corrected chi connectivity index (χ1v) is 9.27. The Morgan fingerprint density at radius 3 is 2.05 bits per heavy atom. The highest BCUT2D eigenvalue weighted by atomic mass is 15.1. The molecule has 1 fully saturated rings. The molecule has 0 aromatic heterocycles. The Bertz CT molecular complexity index is 234. The van der Waals surface area contributed by atoms with Gasteiger partial charge in [-0.05, 0) is 25.7 Å². The summed E-state index contributed by atoms with van der Waals surface area (Å²) >= 11 is 0. The molecule has 0 spiro atoms. The maximum absolute atomic E-state index is 4.25. The average molecular weight is 280 g/mol. The predicted molar refractivity (Wildman–Crippen MR) is 91.0 cm³/mol. The Hall–Kier alpha value is -0.460. The maximum atomic E-state index is 4.25. The number of allylic oxidation sites excluding steroid dienone is 1. The molecule has 0 saturated carbocycles. The van der Waals surface area contributed by atoms with Gasteiger partial charge in [-0.1, -0.05) is 77.7 Å². The first kappa shape index (κ1) is 17.6. The van der Waals surface area contributed by atoms with E-state index in [0.717, 1.165) is 0 Å². The van der Waals surface area contributed by atoms with Gasteiger partial charge in [0.05, 0.1) is 0 Å². The average Bonchev–Trinajstić information content (AvgIpc) is 2.66. The van der Waals surface area contributed by atoms with E-state index in [1.807, 2.05) is 0 Å². The summed E-state index contributed by atoms with van der Waals surface area (Å²) in [6, 6.07) is 0. The lowest BCUT2D eigenvalue weighted by molar-refractivity contribution is 0.334. The summed E-state index contributed by atoms with van der Waals surface area (Å²) in [6.07, 6.45) is 19.7. The monoisotopic (exact) mass is 279 g/mol. The van der Waals surface area contributed by atoms with Crippen LogP contribution in [0.1, 0.15) is 96.8 Å². The van der Waals surface area contributed by atoms with Crippen LogP contribution >= 0.6 is 0 Å². The lowest BCUT2D eigenvalue weighted by atomic mass is 10.1. The third-order valence-electron chi connectivity index (χ3n) is 4.62. The third kappa shape index (κ3) is 8.66. The van der Waals surface area contributed by atoms with E-state index in [-0.39, 0.29) is 0 Å². The van der Waals surface area contributed by atoms with Gasteiger partial charge in [-0.3, -0.25) is 0 Å². The normalized spacial score (nSPS) is 16.4. The van der Waals surface area contributed by atoms with Crippen LogP contribution in [0.5, 0.6) is 0 Å². The van der Waals surface area contributed by atoms with Crippen molar-refractivity contribution in [2.45, 2.75) is 96.8 Å². The van der Waals surface area contributed by atoms with Crippen molar-refractivity contribution in [2.75, 3.05) is 13.1 Å². The number of unbranched alkanes of at least 4 members (excludes halogenated alkanes) is 9. The van der Waals surface area contributed by atoms with Crippen molar-refractivity contribution in [3.05, 3.63) is 12.3 Å². The Morgan fingerprint density at radius 1 is 0.800 bits per heavy atom. The van der Waals surface area contributed by atoms with E-state index in [1.54, 1.807) is 0 Å². The zero-order valence-corrected chi connectivity index (χ0v) is 14.0. The van der Waals surface area contributed by atoms with Crippen LogP contribution in [-0.2, 0) is 0 Å². The molecule has 0 N–H and O–H groups in total. The summed E-state index contributed by atoms with van der Waals surface area (Å²) in [5.74, 6) is 0. The Balaban J connectivity index is 1.87. The van der Waals surface area contributed by atoms with Crippen LogP contribution in [0.25, 0.3) is 0 Å². The number of likely N-dealkylation sites (tertiary alicyclic amines) is 1. The van der Waals surface area contributed by atoms with E-state index in [9.17, 15) is 0 Å². The van der Waals surface area contributed by atoms with Gasteiger partial charge in [-0.25, -0.2) is 0 Å². The molecule has 1 aliphatic rings. The van der Waals surface area contributed by atoms with Gasteiger partial charge < -0.3 is 4.90 Å². The van der Waals surface area contributed by atoms with E-state index in [4.69, 9.17) is 0 Å². The summed E-state index contributed by atoms with van der Waals surface area (Å²) in [6.45, 7) is 9.06. The van der Waals surface area contributed by atoms with Crippen LogP contribution in [0.4, 0.5) is 0 Å². The molecule has 0 bridgehead atoms. The zero-order chi connectivity index (χ0) is 14.5. The molecule has 0 aliphatic carbocycles. The number of rotatable bonds is 11. The molecule has 0 aromatic carbocycles. The van der Waals surface area contributed by atoms with Crippen molar-refractivity contribution in [2.24, 2.45) is 0 Å². The Morgan fingerprint density at radius 2 is 1.40 bits per heavy atom. The number of hydrogen-bond acceptors (Lipinski definition) is 1. The molecule has 1 saturated heterocycles. The topological polar surface area (TPSA) is 3.24 Å². The van der Waals surface area contributed by atoms with Crippen LogP contribution in [0.15, 0.2) is 12.3 Å². The largest absolute Gasteiger partial charge is 0.375 e. The Kier molecular flexibility index (Phi) is 10.8.